The fourth-order valence-electron chi connectivity index (χ4n) is 1.62. The van der Waals surface area contributed by atoms with Crippen LogP contribution in [-0.4, -0.2) is 33.2 Å². The Morgan fingerprint density at radius 3 is 2.76 bits per heavy atom. The third kappa shape index (κ3) is 2.78. The first-order chi connectivity index (χ1) is 7.61. The van der Waals surface area contributed by atoms with Crippen molar-refractivity contribution in [3.63, 3.8) is 0 Å². The normalized spacial score (nSPS) is 27.5. The van der Waals surface area contributed by atoms with Crippen LogP contribution in [-0.2, 0) is 29.6 Å². The van der Waals surface area contributed by atoms with Gasteiger partial charge >= 0.3 is 5.69 Å². The van der Waals surface area contributed by atoms with E-state index in [1.807, 2.05) is 0 Å². The van der Waals surface area contributed by atoms with Crippen molar-refractivity contribution in [2.45, 2.75) is 24.9 Å². The summed E-state index contributed by atoms with van der Waals surface area (Å²) in [7, 11) is 0. The van der Waals surface area contributed by atoms with Crippen molar-refractivity contribution < 1.29 is 34.7 Å². The van der Waals surface area contributed by atoms with Gasteiger partial charge in [-0.15, -0.1) is 0 Å². The summed E-state index contributed by atoms with van der Waals surface area (Å²) in [5.41, 5.74) is -1.14. The monoisotopic (exact) mass is 419 g/mol. The molecule has 2 rings (SSSR count). The van der Waals surface area contributed by atoms with E-state index in [2.05, 4.69) is 4.98 Å². The van der Waals surface area contributed by atoms with Crippen LogP contribution in [0.5, 0.6) is 0 Å². The van der Waals surface area contributed by atoms with Gasteiger partial charge in [0.05, 0.1) is 6.10 Å². The summed E-state index contributed by atoms with van der Waals surface area (Å²) in [6, 6.07) is 1.17. The molecule has 1 fully saturated rings. The SMILES string of the molecule is O=CC1OC(n2ccc(=O)[nH]c2=O)CC1O.[Ir]. The number of aromatic amines is 1. The first-order valence-electron chi connectivity index (χ1n) is 4.72. The van der Waals surface area contributed by atoms with E-state index in [9.17, 15) is 19.5 Å². The Bertz CT molecular complexity index is 511. The van der Waals surface area contributed by atoms with Gasteiger partial charge in [0.15, 0.2) is 6.29 Å². The van der Waals surface area contributed by atoms with Crippen LogP contribution >= 0.6 is 0 Å². The van der Waals surface area contributed by atoms with Gasteiger partial charge in [0, 0.05) is 38.8 Å². The van der Waals surface area contributed by atoms with E-state index in [0.717, 1.165) is 4.57 Å². The van der Waals surface area contributed by atoms with Gasteiger partial charge in [-0.2, -0.15) is 0 Å². The summed E-state index contributed by atoms with van der Waals surface area (Å²) in [4.78, 5) is 34.8. The molecule has 0 aliphatic carbocycles. The van der Waals surface area contributed by atoms with E-state index in [1.165, 1.54) is 12.3 Å². The standard InChI is InChI=1S/C9H10N2O5.Ir/c12-4-6-5(13)3-8(16-6)11-2-1-7(14)10-9(11)15;/h1-2,4-6,8,13H,3H2,(H,10,14,15);. The third-order valence-electron chi connectivity index (χ3n) is 2.43. The van der Waals surface area contributed by atoms with Gasteiger partial charge in [-0.05, 0) is 0 Å². The topological polar surface area (TPSA) is 101 Å². The number of hydrogen-bond acceptors (Lipinski definition) is 5. The van der Waals surface area contributed by atoms with Crippen molar-refractivity contribution in [1.29, 1.82) is 0 Å². The molecule has 0 bridgehead atoms. The zero-order valence-corrected chi connectivity index (χ0v) is 10.9. The Labute approximate surface area is 109 Å². The second-order valence-corrected chi connectivity index (χ2v) is 3.51. The molecule has 1 aliphatic heterocycles. The average molecular weight is 418 g/mol. The Hall–Kier alpha value is -1.08. The molecule has 0 saturated carbocycles. The van der Waals surface area contributed by atoms with Crippen molar-refractivity contribution >= 4 is 6.29 Å². The minimum Gasteiger partial charge on any atom is -0.390 e. The second-order valence-electron chi connectivity index (χ2n) is 3.51. The van der Waals surface area contributed by atoms with Crippen molar-refractivity contribution in [3.05, 3.63) is 33.1 Å². The Balaban J connectivity index is 0.00000144. The van der Waals surface area contributed by atoms with E-state index < -0.39 is 29.7 Å². The molecule has 1 aromatic rings. The molecular formula is C9H10IrN2O5. The predicted octanol–water partition coefficient (Wildman–Crippen LogP) is -1.62. The molecule has 0 spiro atoms. The molecule has 0 amide bonds. The van der Waals surface area contributed by atoms with Crippen LogP contribution in [0, 0.1) is 0 Å². The molecule has 2 heterocycles. The Kier molecular flexibility index (Phi) is 4.53. The van der Waals surface area contributed by atoms with E-state index in [-0.39, 0.29) is 26.5 Å². The van der Waals surface area contributed by atoms with Crippen molar-refractivity contribution in [3.8, 4) is 0 Å². The molecule has 3 atom stereocenters. The van der Waals surface area contributed by atoms with E-state index >= 15 is 0 Å². The summed E-state index contributed by atoms with van der Waals surface area (Å²) in [6.45, 7) is 0. The van der Waals surface area contributed by atoms with E-state index in [0.29, 0.717) is 6.29 Å². The number of carbonyl (C=O) groups is 1. The summed E-state index contributed by atoms with van der Waals surface area (Å²) in [5, 5.41) is 9.42. The summed E-state index contributed by atoms with van der Waals surface area (Å²) >= 11 is 0. The van der Waals surface area contributed by atoms with Gasteiger partial charge in [-0.1, -0.05) is 0 Å². The van der Waals surface area contributed by atoms with Crippen LogP contribution in [0.25, 0.3) is 0 Å². The molecule has 2 N–H and O–H groups in total. The van der Waals surface area contributed by atoms with Crippen LogP contribution in [0.3, 0.4) is 0 Å². The zero-order chi connectivity index (χ0) is 11.7. The van der Waals surface area contributed by atoms with E-state index in [1.54, 1.807) is 0 Å². The zero-order valence-electron chi connectivity index (χ0n) is 8.53. The average Bonchev–Trinajstić information content (AvgIpc) is 2.59. The molecule has 1 aromatic heterocycles. The maximum atomic E-state index is 11.4. The maximum Gasteiger partial charge on any atom is 0.330 e. The van der Waals surface area contributed by atoms with Crippen LogP contribution < -0.4 is 11.2 Å². The molecule has 8 heteroatoms. The van der Waals surface area contributed by atoms with Gasteiger partial charge in [0.2, 0.25) is 0 Å². The smallest absolute Gasteiger partial charge is 0.330 e. The van der Waals surface area contributed by atoms with Crippen LogP contribution in [0.15, 0.2) is 21.9 Å². The van der Waals surface area contributed by atoms with Gasteiger partial charge in [0.25, 0.3) is 5.56 Å². The number of rotatable bonds is 2. The van der Waals surface area contributed by atoms with Gasteiger partial charge < -0.3 is 14.6 Å². The molecule has 1 saturated heterocycles. The Morgan fingerprint density at radius 1 is 1.53 bits per heavy atom. The fraction of sp³-hybridized carbons (Fsp3) is 0.444. The number of aliphatic hydroxyl groups excluding tert-OH is 1. The van der Waals surface area contributed by atoms with E-state index in [4.69, 9.17) is 4.74 Å². The molecule has 0 aromatic carbocycles. The molecule has 3 unspecified atom stereocenters. The number of aromatic nitrogens is 2. The number of ether oxygens (including phenoxy) is 1. The minimum absolute atomic E-state index is 0. The van der Waals surface area contributed by atoms with Crippen LogP contribution in [0.2, 0.25) is 0 Å². The van der Waals surface area contributed by atoms with Crippen LogP contribution in [0.4, 0.5) is 0 Å². The molecule has 17 heavy (non-hydrogen) atoms. The summed E-state index contributed by atoms with van der Waals surface area (Å²) < 4.78 is 6.29. The molecule has 7 nitrogen and oxygen atoms in total. The fourth-order valence-corrected chi connectivity index (χ4v) is 1.62. The maximum absolute atomic E-state index is 11.4. The summed E-state index contributed by atoms with van der Waals surface area (Å²) in [6.07, 6.45) is -0.692. The molecular weight excluding hydrogens is 408 g/mol. The molecule has 1 aliphatic rings. The number of nitrogens with one attached hydrogen (secondary N) is 1. The predicted molar refractivity (Wildman–Crippen MR) is 51.9 cm³/mol. The summed E-state index contributed by atoms with van der Waals surface area (Å²) in [5.74, 6) is 0. The number of aldehydes is 1. The number of nitrogens with zero attached hydrogens (tertiary/aromatic N) is 1. The van der Waals surface area contributed by atoms with Gasteiger partial charge in [-0.3, -0.25) is 14.3 Å². The van der Waals surface area contributed by atoms with Crippen LogP contribution in [0.1, 0.15) is 12.6 Å². The largest absolute Gasteiger partial charge is 0.390 e. The van der Waals surface area contributed by atoms with Crippen molar-refractivity contribution in [1.82, 2.24) is 9.55 Å². The molecule has 95 valence electrons. The van der Waals surface area contributed by atoms with Gasteiger partial charge in [0.1, 0.15) is 12.3 Å². The number of H-pyrrole nitrogens is 1. The number of carbonyl (C=O) groups excluding carboxylic acids is 1. The minimum atomic E-state index is -0.929. The third-order valence-corrected chi connectivity index (χ3v) is 2.43. The Morgan fingerprint density at radius 2 is 2.24 bits per heavy atom. The molecule has 1 radical (unpaired) electrons. The van der Waals surface area contributed by atoms with Crippen molar-refractivity contribution in [2.75, 3.05) is 0 Å². The number of aliphatic hydroxyl groups is 1. The number of hydrogen-bond donors (Lipinski definition) is 2. The quantitative estimate of drug-likeness (QED) is 0.563. The second kappa shape index (κ2) is 5.50. The first kappa shape index (κ1) is 14.0. The van der Waals surface area contributed by atoms with Gasteiger partial charge in [-0.25, -0.2) is 4.79 Å². The first-order valence-corrected chi connectivity index (χ1v) is 4.72. The van der Waals surface area contributed by atoms with Crippen molar-refractivity contribution in [2.24, 2.45) is 0 Å².